The van der Waals surface area contributed by atoms with E-state index in [1.54, 1.807) is 0 Å². The van der Waals surface area contributed by atoms with Crippen LogP contribution in [0.4, 0.5) is 5.69 Å². The van der Waals surface area contributed by atoms with Crippen molar-refractivity contribution in [1.29, 1.82) is 0 Å². The number of quaternary nitrogens is 1. The molecule has 0 atom stereocenters. The molecule has 1 saturated carbocycles. The standard InChI is InChI=1S/C18H26N4OS/c23-17(19-15-6-2-1-3-7-15)14-21-10-12-22(13-11-21)18(24)20-16-8-4-5-9-16/h1-3,6-7,16H,4-5,8-14H2,(H,19,23)(H,20,24)/p+1. The number of carbonyl (C=O) groups excluding carboxylic acids is 1. The molecule has 1 aliphatic carbocycles. The Balaban J connectivity index is 1.38. The molecule has 2 fully saturated rings. The number of benzene rings is 1. The number of hydrogen-bond acceptors (Lipinski definition) is 2. The Bertz CT molecular complexity index is 551. The van der Waals surface area contributed by atoms with Gasteiger partial charge in [-0.05, 0) is 37.2 Å². The molecule has 1 heterocycles. The fourth-order valence-corrected chi connectivity index (χ4v) is 3.84. The van der Waals surface area contributed by atoms with E-state index >= 15 is 0 Å². The maximum absolute atomic E-state index is 12.1. The second-order valence-corrected chi connectivity index (χ2v) is 7.15. The number of anilines is 1. The summed E-state index contributed by atoms with van der Waals surface area (Å²) in [5.74, 6) is 0.0799. The third-order valence-corrected chi connectivity index (χ3v) is 5.28. The molecule has 1 aliphatic heterocycles. The van der Waals surface area contributed by atoms with Crippen LogP contribution in [0, 0.1) is 0 Å². The van der Waals surface area contributed by atoms with Gasteiger partial charge in [-0.15, -0.1) is 0 Å². The molecule has 0 bridgehead atoms. The summed E-state index contributed by atoms with van der Waals surface area (Å²) in [6, 6.07) is 10.2. The van der Waals surface area contributed by atoms with Crippen LogP contribution in [0.25, 0.3) is 0 Å². The van der Waals surface area contributed by atoms with Crippen molar-refractivity contribution in [3.8, 4) is 0 Å². The summed E-state index contributed by atoms with van der Waals surface area (Å²) in [6.07, 6.45) is 5.11. The molecule has 0 spiro atoms. The van der Waals surface area contributed by atoms with E-state index in [0.29, 0.717) is 12.6 Å². The number of rotatable bonds is 4. The number of para-hydroxylation sites is 1. The van der Waals surface area contributed by atoms with Crippen LogP contribution in [0.1, 0.15) is 25.7 Å². The van der Waals surface area contributed by atoms with Gasteiger partial charge >= 0.3 is 0 Å². The van der Waals surface area contributed by atoms with Crippen molar-refractivity contribution in [3.63, 3.8) is 0 Å². The molecule has 1 aromatic rings. The second kappa shape index (κ2) is 8.44. The molecule has 24 heavy (non-hydrogen) atoms. The number of piperazine rings is 1. The minimum Gasteiger partial charge on any atom is -0.360 e. The maximum Gasteiger partial charge on any atom is 0.279 e. The van der Waals surface area contributed by atoms with E-state index in [2.05, 4.69) is 15.5 Å². The van der Waals surface area contributed by atoms with Crippen LogP contribution < -0.4 is 15.5 Å². The van der Waals surface area contributed by atoms with E-state index in [1.807, 2.05) is 30.3 Å². The summed E-state index contributed by atoms with van der Waals surface area (Å²) in [6.45, 7) is 4.27. The van der Waals surface area contributed by atoms with E-state index in [1.165, 1.54) is 30.6 Å². The van der Waals surface area contributed by atoms with Gasteiger partial charge in [-0.1, -0.05) is 31.0 Å². The minimum absolute atomic E-state index is 0.0799. The zero-order valence-corrected chi connectivity index (χ0v) is 14.9. The Labute approximate surface area is 149 Å². The quantitative estimate of drug-likeness (QED) is 0.700. The third-order valence-electron chi connectivity index (χ3n) is 4.91. The van der Waals surface area contributed by atoms with E-state index in [4.69, 9.17) is 12.2 Å². The molecular formula is C18H27N4OS+. The van der Waals surface area contributed by atoms with Crippen molar-refractivity contribution < 1.29 is 9.69 Å². The molecule has 1 amide bonds. The molecular weight excluding hydrogens is 320 g/mol. The van der Waals surface area contributed by atoms with Crippen molar-refractivity contribution in [2.75, 3.05) is 38.0 Å². The van der Waals surface area contributed by atoms with Crippen LogP contribution in [0.15, 0.2) is 30.3 Å². The number of amides is 1. The minimum atomic E-state index is 0.0799. The highest BCUT2D eigenvalue weighted by Crippen LogP contribution is 2.17. The van der Waals surface area contributed by atoms with Gasteiger partial charge in [0.15, 0.2) is 11.7 Å². The zero-order valence-electron chi connectivity index (χ0n) is 14.1. The monoisotopic (exact) mass is 347 g/mol. The van der Waals surface area contributed by atoms with E-state index in [-0.39, 0.29) is 5.91 Å². The van der Waals surface area contributed by atoms with E-state index in [9.17, 15) is 4.79 Å². The second-order valence-electron chi connectivity index (χ2n) is 6.76. The molecule has 0 unspecified atom stereocenters. The van der Waals surface area contributed by atoms with Gasteiger partial charge < -0.3 is 20.4 Å². The smallest absolute Gasteiger partial charge is 0.279 e. The SMILES string of the molecule is O=C(C[NH+]1CCN(C(=S)NC2CCCC2)CC1)Nc1ccccc1. The summed E-state index contributed by atoms with van der Waals surface area (Å²) in [4.78, 5) is 15.7. The Morgan fingerprint density at radius 1 is 1.17 bits per heavy atom. The predicted molar refractivity (Wildman–Crippen MR) is 100 cm³/mol. The fourth-order valence-electron chi connectivity index (χ4n) is 3.49. The molecule has 5 nitrogen and oxygen atoms in total. The number of thiocarbonyl (C=S) groups is 1. The molecule has 130 valence electrons. The Hall–Kier alpha value is -1.66. The van der Waals surface area contributed by atoms with Gasteiger partial charge in [-0.2, -0.15) is 0 Å². The highest BCUT2D eigenvalue weighted by atomic mass is 32.1. The van der Waals surface area contributed by atoms with Crippen LogP contribution in [-0.2, 0) is 4.79 Å². The van der Waals surface area contributed by atoms with Gasteiger partial charge in [0.05, 0.1) is 26.2 Å². The van der Waals surface area contributed by atoms with Gasteiger partial charge in [0.2, 0.25) is 0 Å². The lowest BCUT2D eigenvalue weighted by Gasteiger charge is -2.34. The van der Waals surface area contributed by atoms with Crippen molar-refractivity contribution >= 4 is 28.9 Å². The largest absolute Gasteiger partial charge is 0.360 e. The van der Waals surface area contributed by atoms with Crippen molar-refractivity contribution in [1.82, 2.24) is 10.2 Å². The van der Waals surface area contributed by atoms with Crippen molar-refractivity contribution in [2.45, 2.75) is 31.7 Å². The third kappa shape index (κ3) is 4.92. The molecule has 1 aromatic carbocycles. The van der Waals surface area contributed by atoms with Crippen LogP contribution in [-0.4, -0.2) is 54.7 Å². The van der Waals surface area contributed by atoms with E-state index in [0.717, 1.165) is 37.0 Å². The van der Waals surface area contributed by atoms with Crippen molar-refractivity contribution in [2.24, 2.45) is 0 Å². The summed E-state index contributed by atoms with van der Waals surface area (Å²) in [5.41, 5.74) is 0.863. The first-order valence-electron chi connectivity index (χ1n) is 8.94. The first kappa shape index (κ1) is 17.2. The normalized spacial score (nSPS) is 19.2. The summed E-state index contributed by atoms with van der Waals surface area (Å²) >= 11 is 5.55. The van der Waals surface area contributed by atoms with Gasteiger partial charge in [0.25, 0.3) is 5.91 Å². The number of carbonyl (C=O) groups is 1. The number of hydrogen-bond donors (Lipinski definition) is 3. The molecule has 0 aromatic heterocycles. The van der Waals surface area contributed by atoms with Crippen LogP contribution in [0.3, 0.4) is 0 Å². The lowest BCUT2D eigenvalue weighted by molar-refractivity contribution is -0.895. The molecule has 6 heteroatoms. The average molecular weight is 348 g/mol. The van der Waals surface area contributed by atoms with E-state index < -0.39 is 0 Å². The highest BCUT2D eigenvalue weighted by Gasteiger charge is 2.25. The lowest BCUT2D eigenvalue weighted by Crippen LogP contribution is -3.15. The molecule has 3 rings (SSSR count). The first-order chi connectivity index (χ1) is 11.7. The average Bonchev–Trinajstić information content (AvgIpc) is 3.09. The van der Waals surface area contributed by atoms with Gasteiger partial charge in [0.1, 0.15) is 0 Å². The Kier molecular flexibility index (Phi) is 6.04. The van der Waals surface area contributed by atoms with Gasteiger partial charge in [-0.3, -0.25) is 4.79 Å². The molecule has 1 saturated heterocycles. The van der Waals surface area contributed by atoms with Gasteiger partial charge in [0, 0.05) is 11.7 Å². The lowest BCUT2D eigenvalue weighted by atomic mass is 10.2. The topological polar surface area (TPSA) is 48.8 Å². The number of nitrogens with one attached hydrogen (secondary N) is 3. The zero-order chi connectivity index (χ0) is 16.8. The Morgan fingerprint density at radius 2 is 1.83 bits per heavy atom. The van der Waals surface area contributed by atoms with Crippen LogP contribution in [0.2, 0.25) is 0 Å². The van der Waals surface area contributed by atoms with Crippen LogP contribution in [0.5, 0.6) is 0 Å². The first-order valence-corrected chi connectivity index (χ1v) is 9.35. The molecule has 0 radical (unpaired) electrons. The van der Waals surface area contributed by atoms with Crippen molar-refractivity contribution in [3.05, 3.63) is 30.3 Å². The Morgan fingerprint density at radius 3 is 2.50 bits per heavy atom. The molecule has 2 aliphatic rings. The summed E-state index contributed by atoms with van der Waals surface area (Å²) < 4.78 is 0. The van der Waals surface area contributed by atoms with Crippen LogP contribution >= 0.6 is 12.2 Å². The summed E-state index contributed by atoms with van der Waals surface area (Å²) in [7, 11) is 0. The maximum atomic E-state index is 12.1. The number of nitrogens with zero attached hydrogens (tertiary/aromatic N) is 1. The highest BCUT2D eigenvalue weighted by molar-refractivity contribution is 7.80. The fraction of sp³-hybridized carbons (Fsp3) is 0.556. The van der Waals surface area contributed by atoms with Gasteiger partial charge in [-0.25, -0.2) is 0 Å². The summed E-state index contributed by atoms with van der Waals surface area (Å²) in [5, 5.41) is 7.36. The molecule has 3 N–H and O–H groups in total. The predicted octanol–water partition coefficient (Wildman–Crippen LogP) is 0.643.